The monoisotopic (exact) mass is 640 g/mol. The predicted octanol–water partition coefficient (Wildman–Crippen LogP) is 0.659. The average Bonchev–Trinajstić information content (AvgIpc) is 2.86. The standard InChI is InChI=1S/C25H45N4O13P/c1-25(2,3)26-14-6-4-5-9-19(30)28-17(23(36)37)10-12-20(31)27-16(22(34)35)8-7-15-42-43(40,41)29-18(24(38)39)11-13-21(32)33/h16-18,26H,4-15H2,1-3H3,(H,27,31)(H,28,30)(H,32,33)(H,34,35)(H,36,37)(H,38,39)(H2,29,40,41)/t16-,17-,18?/m0/s1. The third-order valence-electron chi connectivity index (χ3n) is 5.83. The fraction of sp³-hybridized carbons (Fsp3) is 0.760. The maximum atomic E-state index is 12.3. The molecule has 9 N–H and O–H groups in total. The first-order chi connectivity index (χ1) is 19.8. The highest BCUT2D eigenvalue weighted by molar-refractivity contribution is 7.50. The summed E-state index contributed by atoms with van der Waals surface area (Å²) < 4.78 is 16.8. The van der Waals surface area contributed by atoms with E-state index < -0.39 is 87.4 Å². The molecule has 0 heterocycles. The number of aliphatic carboxylic acids is 4. The van der Waals surface area contributed by atoms with Gasteiger partial charge < -0.3 is 41.3 Å². The zero-order chi connectivity index (χ0) is 33.2. The van der Waals surface area contributed by atoms with Gasteiger partial charge in [-0.05, 0) is 65.8 Å². The molecule has 17 nitrogen and oxygen atoms in total. The van der Waals surface area contributed by atoms with E-state index in [1.807, 2.05) is 25.9 Å². The van der Waals surface area contributed by atoms with E-state index in [1.165, 1.54) is 0 Å². The van der Waals surface area contributed by atoms with Crippen molar-refractivity contribution in [3.05, 3.63) is 0 Å². The Labute approximate surface area is 249 Å². The van der Waals surface area contributed by atoms with Crippen LogP contribution in [0.3, 0.4) is 0 Å². The lowest BCUT2D eigenvalue weighted by atomic mass is 10.1. The zero-order valence-electron chi connectivity index (χ0n) is 24.7. The van der Waals surface area contributed by atoms with Crippen molar-refractivity contribution in [1.29, 1.82) is 0 Å². The summed E-state index contributed by atoms with van der Waals surface area (Å²) in [5.41, 5.74) is -0.0116. The summed E-state index contributed by atoms with van der Waals surface area (Å²) in [5, 5.41) is 46.2. The van der Waals surface area contributed by atoms with Crippen molar-refractivity contribution in [3.8, 4) is 0 Å². The van der Waals surface area contributed by atoms with Gasteiger partial charge >= 0.3 is 31.6 Å². The van der Waals surface area contributed by atoms with Gasteiger partial charge in [0, 0.05) is 24.8 Å². The molecule has 2 amide bonds. The van der Waals surface area contributed by atoms with Gasteiger partial charge in [-0.3, -0.25) is 23.7 Å². The zero-order valence-corrected chi connectivity index (χ0v) is 25.6. The van der Waals surface area contributed by atoms with Gasteiger partial charge in [0.2, 0.25) is 11.8 Å². The number of carbonyl (C=O) groups excluding carboxylic acids is 2. The van der Waals surface area contributed by atoms with E-state index in [0.29, 0.717) is 6.42 Å². The van der Waals surface area contributed by atoms with Crippen LogP contribution in [0.5, 0.6) is 0 Å². The number of nitrogens with one attached hydrogen (secondary N) is 4. The highest BCUT2D eigenvalue weighted by Crippen LogP contribution is 2.38. The molecule has 0 aliphatic rings. The number of amides is 2. The van der Waals surface area contributed by atoms with E-state index in [2.05, 4.69) is 16.0 Å². The molecule has 0 aliphatic heterocycles. The van der Waals surface area contributed by atoms with Crippen LogP contribution < -0.4 is 21.0 Å². The van der Waals surface area contributed by atoms with Gasteiger partial charge in [0.25, 0.3) is 0 Å². The lowest BCUT2D eigenvalue weighted by molar-refractivity contribution is -0.143. The molecule has 0 radical (unpaired) electrons. The number of carbonyl (C=O) groups is 6. The average molecular weight is 641 g/mol. The fourth-order valence-corrected chi connectivity index (χ4v) is 4.68. The van der Waals surface area contributed by atoms with Gasteiger partial charge in [0.15, 0.2) is 0 Å². The number of rotatable bonds is 24. The molecular weight excluding hydrogens is 595 g/mol. The van der Waals surface area contributed by atoms with Gasteiger partial charge in [0.05, 0.1) is 6.61 Å². The molecule has 0 aromatic rings. The quantitative estimate of drug-likeness (QED) is 0.0517. The molecule has 248 valence electrons. The SMILES string of the molecule is CC(C)(C)NCCCCCC(=O)N[C@@H](CCC(=O)N[C@@H](CCCOP(=O)(O)NC(CCC(=O)O)C(=O)O)C(=O)O)C(=O)O. The van der Waals surface area contributed by atoms with Crippen molar-refractivity contribution in [2.45, 2.75) is 109 Å². The maximum Gasteiger partial charge on any atom is 0.403 e. The molecule has 0 fully saturated rings. The normalized spacial score (nSPS) is 15.0. The Kier molecular flexibility index (Phi) is 18.5. The summed E-state index contributed by atoms with van der Waals surface area (Å²) in [6.45, 7) is 6.39. The second-order valence-electron chi connectivity index (χ2n) is 10.9. The van der Waals surface area contributed by atoms with Crippen LogP contribution in [0, 0.1) is 0 Å². The number of carboxylic acids is 4. The second kappa shape index (κ2) is 20.0. The van der Waals surface area contributed by atoms with Gasteiger partial charge in [-0.2, -0.15) is 0 Å². The molecule has 4 atom stereocenters. The van der Waals surface area contributed by atoms with Crippen LogP contribution in [0.15, 0.2) is 0 Å². The summed E-state index contributed by atoms with van der Waals surface area (Å²) in [5.74, 6) is -6.93. The van der Waals surface area contributed by atoms with E-state index in [4.69, 9.17) is 14.7 Å². The van der Waals surface area contributed by atoms with Crippen LogP contribution in [0.1, 0.15) is 85.0 Å². The minimum Gasteiger partial charge on any atom is -0.481 e. The summed E-state index contributed by atoms with van der Waals surface area (Å²) >= 11 is 0. The number of carboxylic acid groups (broad SMARTS) is 4. The van der Waals surface area contributed by atoms with Crippen molar-refractivity contribution in [3.63, 3.8) is 0 Å². The lowest BCUT2D eigenvalue weighted by Gasteiger charge is -2.20. The highest BCUT2D eigenvalue weighted by Gasteiger charge is 2.30. The lowest BCUT2D eigenvalue weighted by Crippen LogP contribution is -2.44. The number of unbranched alkanes of at least 4 members (excludes halogenated alkanes) is 2. The number of hydrogen-bond acceptors (Lipinski definition) is 9. The predicted molar refractivity (Wildman–Crippen MR) is 151 cm³/mol. The van der Waals surface area contributed by atoms with Crippen LogP contribution in [0.25, 0.3) is 0 Å². The van der Waals surface area contributed by atoms with E-state index in [-0.39, 0.29) is 31.2 Å². The van der Waals surface area contributed by atoms with Crippen LogP contribution in [0.4, 0.5) is 0 Å². The molecular formula is C25H45N4O13P. The van der Waals surface area contributed by atoms with Crippen molar-refractivity contribution < 1.29 is 63.2 Å². The van der Waals surface area contributed by atoms with Crippen LogP contribution >= 0.6 is 7.75 Å². The Bertz CT molecular complexity index is 1000. The van der Waals surface area contributed by atoms with Crippen LogP contribution in [-0.2, 0) is 37.9 Å². The summed E-state index contributed by atoms with van der Waals surface area (Å²) in [6, 6.07) is -4.48. The van der Waals surface area contributed by atoms with Crippen molar-refractivity contribution in [2.24, 2.45) is 0 Å². The van der Waals surface area contributed by atoms with E-state index in [1.54, 1.807) is 0 Å². The minimum atomic E-state index is -4.69. The molecule has 0 saturated carbocycles. The van der Waals surface area contributed by atoms with Crippen LogP contribution in [-0.4, -0.2) is 97.8 Å². The summed E-state index contributed by atoms with van der Waals surface area (Å²) in [4.78, 5) is 79.1. The Morgan fingerprint density at radius 3 is 1.72 bits per heavy atom. The van der Waals surface area contributed by atoms with E-state index >= 15 is 0 Å². The van der Waals surface area contributed by atoms with Gasteiger partial charge in [-0.25, -0.2) is 19.2 Å². The van der Waals surface area contributed by atoms with Crippen LogP contribution in [0.2, 0.25) is 0 Å². The first-order valence-electron chi connectivity index (χ1n) is 13.8. The maximum absolute atomic E-state index is 12.3. The Morgan fingerprint density at radius 2 is 1.21 bits per heavy atom. The van der Waals surface area contributed by atoms with Crippen molar-refractivity contribution in [2.75, 3.05) is 13.2 Å². The van der Waals surface area contributed by atoms with E-state index in [9.17, 15) is 48.4 Å². The summed E-state index contributed by atoms with van der Waals surface area (Å²) in [7, 11) is -4.69. The van der Waals surface area contributed by atoms with Crippen molar-refractivity contribution in [1.82, 2.24) is 21.0 Å². The molecule has 0 aromatic carbocycles. The first kappa shape index (κ1) is 39.9. The summed E-state index contributed by atoms with van der Waals surface area (Å²) in [6.07, 6.45) is 0.102. The third-order valence-corrected chi connectivity index (χ3v) is 7.00. The molecule has 2 unspecified atom stereocenters. The topological polar surface area (TPSA) is 278 Å². The van der Waals surface area contributed by atoms with Gasteiger partial charge in [-0.15, -0.1) is 0 Å². The molecule has 0 spiro atoms. The molecule has 43 heavy (non-hydrogen) atoms. The minimum absolute atomic E-state index is 0.0116. The first-order valence-corrected chi connectivity index (χ1v) is 15.4. The Morgan fingerprint density at radius 1 is 0.698 bits per heavy atom. The number of hydrogen-bond donors (Lipinski definition) is 9. The fourth-order valence-electron chi connectivity index (χ4n) is 3.59. The van der Waals surface area contributed by atoms with Crippen molar-refractivity contribution >= 4 is 43.4 Å². The smallest absolute Gasteiger partial charge is 0.403 e. The highest BCUT2D eigenvalue weighted by atomic mass is 31.2. The molecule has 0 aromatic heterocycles. The Hall–Kier alpha value is -3.11. The Balaban J connectivity index is 4.61. The van der Waals surface area contributed by atoms with Gasteiger partial charge in [0.1, 0.15) is 18.1 Å². The van der Waals surface area contributed by atoms with Gasteiger partial charge in [-0.1, -0.05) is 6.42 Å². The molecule has 0 saturated heterocycles. The molecule has 0 bridgehead atoms. The van der Waals surface area contributed by atoms with E-state index in [0.717, 1.165) is 19.4 Å². The second-order valence-corrected chi connectivity index (χ2v) is 12.4. The molecule has 18 heteroatoms. The molecule has 0 aliphatic carbocycles. The largest absolute Gasteiger partial charge is 0.481 e. The third kappa shape index (κ3) is 21.3. The molecule has 0 rings (SSSR count).